The number of hydrogen-bond donors (Lipinski definition) is 3. The molecule has 2 aromatic rings. The first-order valence-corrected chi connectivity index (χ1v) is 11.8. The quantitative estimate of drug-likeness (QED) is 0.403. The molecule has 0 aliphatic heterocycles. The van der Waals surface area contributed by atoms with Gasteiger partial charge in [-0.2, -0.15) is 0 Å². The molecule has 1 aliphatic rings. The Bertz CT molecular complexity index is 1010. The minimum atomic E-state index is -4.68. The van der Waals surface area contributed by atoms with Crippen LogP contribution in [0.3, 0.4) is 0 Å². The van der Waals surface area contributed by atoms with Gasteiger partial charge in [-0.1, -0.05) is 31.4 Å². The standard InChI is InChI=1S/C22H27N2O7P/c1-30-24(22(26)17-8-10-18(11-9-17)31-32(27,28)29)14-15-7-12-19(20(13-15)21(23)25)16-5-3-2-4-6-16/h7-13,16H,2-6,14H2,1H3,(H2,23,25)(H2,27,28,29). The Balaban J connectivity index is 1.77. The summed E-state index contributed by atoms with van der Waals surface area (Å²) >= 11 is 0. The van der Waals surface area contributed by atoms with Gasteiger partial charge in [-0.25, -0.2) is 9.63 Å². The molecule has 1 fully saturated rings. The predicted octanol–water partition coefficient (Wildman–Crippen LogP) is 3.51. The topological polar surface area (TPSA) is 139 Å². The maximum absolute atomic E-state index is 12.8. The first-order valence-electron chi connectivity index (χ1n) is 10.3. The summed E-state index contributed by atoms with van der Waals surface area (Å²) in [6.45, 7) is 0.0846. The molecule has 2 amide bonds. The molecule has 3 rings (SSSR count). The highest BCUT2D eigenvalue weighted by Crippen LogP contribution is 2.37. The molecule has 0 aromatic heterocycles. The maximum atomic E-state index is 12.8. The number of amides is 2. The summed E-state index contributed by atoms with van der Waals surface area (Å²) < 4.78 is 15.4. The van der Waals surface area contributed by atoms with E-state index in [9.17, 15) is 14.2 Å². The van der Waals surface area contributed by atoms with E-state index < -0.39 is 19.6 Å². The van der Waals surface area contributed by atoms with Crippen molar-refractivity contribution in [1.82, 2.24) is 5.06 Å². The van der Waals surface area contributed by atoms with Crippen LogP contribution in [-0.2, 0) is 15.9 Å². The molecule has 0 spiro atoms. The zero-order valence-electron chi connectivity index (χ0n) is 17.8. The fourth-order valence-electron chi connectivity index (χ4n) is 4.01. The number of primary amides is 1. The molecule has 4 N–H and O–H groups in total. The molecule has 32 heavy (non-hydrogen) atoms. The van der Waals surface area contributed by atoms with Crippen LogP contribution in [0.25, 0.3) is 0 Å². The van der Waals surface area contributed by atoms with Gasteiger partial charge < -0.3 is 10.3 Å². The van der Waals surface area contributed by atoms with E-state index in [1.807, 2.05) is 12.1 Å². The molecule has 1 saturated carbocycles. The molecule has 0 atom stereocenters. The zero-order valence-corrected chi connectivity index (χ0v) is 18.7. The van der Waals surface area contributed by atoms with Gasteiger partial charge in [0.15, 0.2) is 0 Å². The highest BCUT2D eigenvalue weighted by Gasteiger charge is 2.23. The van der Waals surface area contributed by atoms with Crippen LogP contribution in [0, 0.1) is 0 Å². The van der Waals surface area contributed by atoms with Crippen LogP contribution in [0.1, 0.15) is 69.9 Å². The van der Waals surface area contributed by atoms with E-state index in [0.29, 0.717) is 17.0 Å². The normalized spacial score (nSPS) is 14.7. The van der Waals surface area contributed by atoms with Crippen molar-refractivity contribution in [2.75, 3.05) is 7.11 Å². The van der Waals surface area contributed by atoms with Gasteiger partial charge in [0.1, 0.15) is 5.75 Å². The minimum absolute atomic E-state index is 0.0664. The molecular weight excluding hydrogens is 435 g/mol. The Labute approximate surface area is 186 Å². The lowest BCUT2D eigenvalue weighted by atomic mass is 9.81. The van der Waals surface area contributed by atoms with Gasteiger partial charge in [-0.3, -0.25) is 24.2 Å². The molecule has 0 unspecified atom stereocenters. The third kappa shape index (κ3) is 6.17. The highest BCUT2D eigenvalue weighted by atomic mass is 31.2. The van der Waals surface area contributed by atoms with Crippen LogP contribution >= 0.6 is 7.82 Å². The highest BCUT2D eigenvalue weighted by molar-refractivity contribution is 7.46. The molecule has 9 nitrogen and oxygen atoms in total. The second-order valence-corrected chi connectivity index (χ2v) is 8.92. The first-order chi connectivity index (χ1) is 15.2. The Hall–Kier alpha value is -2.71. The lowest BCUT2D eigenvalue weighted by Gasteiger charge is -2.25. The molecule has 1 aliphatic carbocycles. The molecule has 2 aromatic carbocycles. The minimum Gasteiger partial charge on any atom is -0.404 e. The fraction of sp³-hybridized carbons (Fsp3) is 0.364. The first kappa shape index (κ1) is 23.9. The monoisotopic (exact) mass is 462 g/mol. The third-order valence-electron chi connectivity index (χ3n) is 5.53. The number of rotatable bonds is 8. The molecule has 0 saturated heterocycles. The van der Waals surface area contributed by atoms with Gasteiger partial charge in [0.25, 0.3) is 5.91 Å². The lowest BCUT2D eigenvalue weighted by Crippen LogP contribution is -2.29. The molecule has 172 valence electrons. The van der Waals surface area contributed by atoms with Gasteiger partial charge in [-0.05, 0) is 60.2 Å². The van der Waals surface area contributed by atoms with Gasteiger partial charge in [0.05, 0.1) is 13.7 Å². The van der Waals surface area contributed by atoms with Crippen LogP contribution in [0.4, 0.5) is 0 Å². The smallest absolute Gasteiger partial charge is 0.404 e. The number of phosphoric acid groups is 1. The van der Waals surface area contributed by atoms with Gasteiger partial charge >= 0.3 is 7.82 Å². The number of carbonyl (C=O) groups excluding carboxylic acids is 2. The molecule has 0 radical (unpaired) electrons. The van der Waals surface area contributed by atoms with Crippen LogP contribution in [0.15, 0.2) is 42.5 Å². The molecule has 0 heterocycles. The van der Waals surface area contributed by atoms with Crippen molar-refractivity contribution in [3.05, 3.63) is 64.7 Å². The van der Waals surface area contributed by atoms with Crippen LogP contribution < -0.4 is 10.3 Å². The van der Waals surface area contributed by atoms with Crippen molar-refractivity contribution in [1.29, 1.82) is 0 Å². The van der Waals surface area contributed by atoms with Crippen LogP contribution in [-0.4, -0.2) is 33.8 Å². The second-order valence-electron chi connectivity index (χ2n) is 7.75. The Morgan fingerprint density at radius 3 is 2.31 bits per heavy atom. The van der Waals surface area contributed by atoms with Crippen molar-refractivity contribution >= 4 is 19.6 Å². The summed E-state index contributed by atoms with van der Waals surface area (Å²) in [4.78, 5) is 47.9. The molecular formula is C22H27N2O7P. The van der Waals surface area contributed by atoms with Crippen molar-refractivity contribution in [2.24, 2.45) is 5.73 Å². The maximum Gasteiger partial charge on any atom is 0.524 e. The number of nitrogens with two attached hydrogens (primary N) is 1. The van der Waals surface area contributed by atoms with Gasteiger partial charge in [0, 0.05) is 11.1 Å². The van der Waals surface area contributed by atoms with Crippen molar-refractivity contribution in [3.63, 3.8) is 0 Å². The Kier molecular flexibility index (Phi) is 7.69. The number of carbonyl (C=O) groups is 2. The van der Waals surface area contributed by atoms with Crippen molar-refractivity contribution < 1.29 is 33.3 Å². The summed E-state index contributed by atoms with van der Waals surface area (Å²) in [5.41, 5.74) is 7.99. The number of phosphoric ester groups is 1. The number of hydrogen-bond acceptors (Lipinski definition) is 5. The van der Waals surface area contributed by atoms with Crippen LogP contribution in [0.2, 0.25) is 0 Å². The summed E-state index contributed by atoms with van der Waals surface area (Å²) in [5.74, 6) is -0.715. The molecule has 0 bridgehead atoms. The van der Waals surface area contributed by atoms with Crippen LogP contribution in [0.5, 0.6) is 5.75 Å². The summed E-state index contributed by atoms with van der Waals surface area (Å²) in [6, 6.07) is 10.8. The van der Waals surface area contributed by atoms with E-state index in [-0.39, 0.29) is 17.9 Å². The average molecular weight is 462 g/mol. The van der Waals surface area contributed by atoms with E-state index in [0.717, 1.165) is 36.3 Å². The largest absolute Gasteiger partial charge is 0.524 e. The number of nitrogens with zero attached hydrogens (tertiary/aromatic N) is 1. The SMILES string of the molecule is CON(Cc1ccc(C2CCCCC2)c(C(N)=O)c1)C(=O)c1ccc(OP(=O)(O)O)cc1. The van der Waals surface area contributed by atoms with Crippen molar-refractivity contribution in [3.8, 4) is 5.75 Å². The number of benzene rings is 2. The summed E-state index contributed by atoms with van der Waals surface area (Å²) in [7, 11) is -3.33. The number of hydroxylamine groups is 2. The molecule has 10 heteroatoms. The Morgan fingerprint density at radius 2 is 1.75 bits per heavy atom. The Morgan fingerprint density at radius 1 is 1.09 bits per heavy atom. The van der Waals surface area contributed by atoms with E-state index in [4.69, 9.17) is 20.4 Å². The zero-order chi connectivity index (χ0) is 23.3. The summed E-state index contributed by atoms with van der Waals surface area (Å²) in [5, 5.41) is 1.12. The van der Waals surface area contributed by atoms with Gasteiger partial charge in [-0.15, -0.1) is 0 Å². The van der Waals surface area contributed by atoms with Crippen molar-refractivity contribution in [2.45, 2.75) is 44.6 Å². The predicted molar refractivity (Wildman–Crippen MR) is 117 cm³/mol. The lowest BCUT2D eigenvalue weighted by molar-refractivity contribution is -0.102. The summed E-state index contributed by atoms with van der Waals surface area (Å²) in [6.07, 6.45) is 5.54. The second kappa shape index (κ2) is 10.3. The van der Waals surface area contributed by atoms with E-state index in [2.05, 4.69) is 4.52 Å². The third-order valence-corrected chi connectivity index (χ3v) is 5.98. The van der Waals surface area contributed by atoms with Gasteiger partial charge in [0.2, 0.25) is 5.91 Å². The van der Waals surface area contributed by atoms with E-state index in [1.165, 1.54) is 37.8 Å². The van der Waals surface area contributed by atoms with E-state index in [1.54, 1.807) is 6.07 Å². The van der Waals surface area contributed by atoms with E-state index >= 15 is 0 Å². The average Bonchev–Trinajstić information content (AvgIpc) is 2.77. The fourth-order valence-corrected chi connectivity index (χ4v) is 4.41.